The van der Waals surface area contributed by atoms with E-state index in [0.717, 1.165) is 25.0 Å². The van der Waals surface area contributed by atoms with Gasteiger partial charge >= 0.3 is 0 Å². The monoisotopic (exact) mass is 333 g/mol. The minimum Gasteiger partial charge on any atom is -0.394 e. The van der Waals surface area contributed by atoms with Gasteiger partial charge in [-0.1, -0.05) is 15.9 Å². The molecule has 1 amide bonds. The minimum atomic E-state index is -0.890. The summed E-state index contributed by atoms with van der Waals surface area (Å²) in [5.74, 6) is -2.47. The van der Waals surface area contributed by atoms with Gasteiger partial charge in [-0.25, -0.2) is 8.78 Å². The first-order valence-corrected chi connectivity index (χ1v) is 6.90. The van der Waals surface area contributed by atoms with E-state index < -0.39 is 23.1 Å². The summed E-state index contributed by atoms with van der Waals surface area (Å²) in [6.45, 7) is 0.227. The van der Waals surface area contributed by atoms with Crippen molar-refractivity contribution >= 4 is 21.8 Å². The van der Waals surface area contributed by atoms with Gasteiger partial charge in [0.2, 0.25) is 0 Å². The molecule has 1 aliphatic heterocycles. The smallest absolute Gasteiger partial charge is 0.260 e. The Morgan fingerprint density at radius 2 is 2.00 bits per heavy atom. The zero-order valence-corrected chi connectivity index (χ0v) is 11.8. The number of aliphatic hydroxyl groups excluding tert-OH is 1. The fourth-order valence-corrected chi connectivity index (χ4v) is 2.75. The Morgan fingerprint density at radius 1 is 1.37 bits per heavy atom. The summed E-state index contributed by atoms with van der Waals surface area (Å²) in [6, 6.07) is 1.77. The Kier molecular flexibility index (Phi) is 4.52. The van der Waals surface area contributed by atoms with Gasteiger partial charge in [0.15, 0.2) is 0 Å². The number of carbonyl (C=O) groups is 1. The van der Waals surface area contributed by atoms with Crippen molar-refractivity contribution < 1.29 is 18.7 Å². The predicted molar refractivity (Wildman–Crippen MR) is 69.8 cm³/mol. The Hall–Kier alpha value is -1.01. The number of hydrogen-bond acceptors (Lipinski definition) is 2. The highest BCUT2D eigenvalue weighted by molar-refractivity contribution is 9.10. The first-order chi connectivity index (χ1) is 9.04. The van der Waals surface area contributed by atoms with Crippen molar-refractivity contribution in [1.29, 1.82) is 0 Å². The maximum absolute atomic E-state index is 13.8. The molecule has 1 aliphatic rings. The number of hydrogen-bond donors (Lipinski definition) is 1. The fraction of sp³-hybridized carbons (Fsp3) is 0.462. The van der Waals surface area contributed by atoms with Gasteiger partial charge in [0.25, 0.3) is 5.91 Å². The Bertz CT molecular complexity index is 473. The molecule has 1 N–H and O–H groups in total. The molecule has 1 atom stereocenters. The molecule has 6 heteroatoms. The number of carbonyl (C=O) groups excluding carboxylic acids is 1. The number of benzene rings is 1. The molecule has 1 aromatic rings. The third-order valence-electron chi connectivity index (χ3n) is 3.32. The molecule has 0 radical (unpaired) electrons. The van der Waals surface area contributed by atoms with Crippen LogP contribution < -0.4 is 0 Å². The topological polar surface area (TPSA) is 40.5 Å². The largest absolute Gasteiger partial charge is 0.394 e. The molecule has 104 valence electrons. The second kappa shape index (κ2) is 5.96. The summed E-state index contributed by atoms with van der Waals surface area (Å²) < 4.78 is 27.8. The number of halogens is 3. The van der Waals surface area contributed by atoms with Gasteiger partial charge in [0, 0.05) is 11.0 Å². The summed E-state index contributed by atoms with van der Waals surface area (Å²) in [5.41, 5.74) is -0.552. The fourth-order valence-electron chi connectivity index (χ4n) is 2.35. The molecule has 1 unspecified atom stereocenters. The molecule has 1 fully saturated rings. The van der Waals surface area contributed by atoms with Crippen molar-refractivity contribution in [2.75, 3.05) is 13.2 Å². The van der Waals surface area contributed by atoms with Crippen LogP contribution in [0.5, 0.6) is 0 Å². The van der Waals surface area contributed by atoms with E-state index >= 15 is 0 Å². The van der Waals surface area contributed by atoms with Crippen LogP contribution in [0.1, 0.15) is 29.6 Å². The first-order valence-electron chi connectivity index (χ1n) is 6.11. The molecule has 1 aromatic carbocycles. The molecule has 19 heavy (non-hydrogen) atoms. The zero-order chi connectivity index (χ0) is 14.0. The summed E-state index contributed by atoms with van der Waals surface area (Å²) in [6.07, 6.45) is 2.34. The van der Waals surface area contributed by atoms with Crippen molar-refractivity contribution in [1.82, 2.24) is 4.90 Å². The number of aliphatic hydroxyl groups is 1. The molecule has 0 saturated carbocycles. The second-order valence-corrected chi connectivity index (χ2v) is 5.49. The molecule has 1 heterocycles. The van der Waals surface area contributed by atoms with Crippen LogP contribution in [0.15, 0.2) is 16.6 Å². The lowest BCUT2D eigenvalue weighted by molar-refractivity contribution is 0.0493. The summed E-state index contributed by atoms with van der Waals surface area (Å²) in [4.78, 5) is 13.6. The standard InChI is InChI=1S/C13H14BrF2NO2/c14-8-5-10(15)12(11(16)6-8)13(19)17-4-2-1-3-9(17)7-18/h5-6,9,18H,1-4,7H2. The first kappa shape index (κ1) is 14.4. The quantitative estimate of drug-likeness (QED) is 0.904. The second-order valence-electron chi connectivity index (χ2n) is 4.58. The third-order valence-corrected chi connectivity index (χ3v) is 3.78. The number of nitrogens with zero attached hydrogens (tertiary/aromatic N) is 1. The number of amides is 1. The molecule has 1 saturated heterocycles. The molecule has 0 spiro atoms. The average molecular weight is 334 g/mol. The Balaban J connectivity index is 2.33. The van der Waals surface area contributed by atoms with Crippen LogP contribution in [0.25, 0.3) is 0 Å². The molecule has 2 rings (SSSR count). The van der Waals surface area contributed by atoms with E-state index in [-0.39, 0.29) is 17.1 Å². The zero-order valence-electron chi connectivity index (χ0n) is 10.2. The lowest BCUT2D eigenvalue weighted by Crippen LogP contribution is -2.46. The van der Waals surface area contributed by atoms with Crippen LogP contribution in [-0.2, 0) is 0 Å². The van der Waals surface area contributed by atoms with Gasteiger partial charge < -0.3 is 10.0 Å². The van der Waals surface area contributed by atoms with Crippen LogP contribution in [0.2, 0.25) is 0 Å². The lowest BCUT2D eigenvalue weighted by Gasteiger charge is -2.34. The van der Waals surface area contributed by atoms with E-state index in [4.69, 9.17) is 0 Å². The average Bonchev–Trinajstić information content (AvgIpc) is 2.37. The predicted octanol–water partition coefficient (Wildman–Crippen LogP) is 2.71. The third kappa shape index (κ3) is 2.95. The van der Waals surface area contributed by atoms with Crippen molar-refractivity contribution in [2.45, 2.75) is 25.3 Å². The normalized spacial score (nSPS) is 19.6. The van der Waals surface area contributed by atoms with Crippen LogP contribution in [-0.4, -0.2) is 35.1 Å². The van der Waals surface area contributed by atoms with Crippen molar-refractivity contribution in [2.24, 2.45) is 0 Å². The molecule has 0 bridgehead atoms. The highest BCUT2D eigenvalue weighted by Crippen LogP contribution is 2.24. The minimum absolute atomic E-state index is 0.189. The van der Waals surface area contributed by atoms with E-state index in [9.17, 15) is 18.7 Å². The van der Waals surface area contributed by atoms with E-state index in [2.05, 4.69) is 15.9 Å². The van der Waals surface area contributed by atoms with Gasteiger partial charge in [-0.15, -0.1) is 0 Å². The number of likely N-dealkylation sites (tertiary alicyclic amines) is 1. The number of piperidine rings is 1. The van der Waals surface area contributed by atoms with Crippen LogP contribution in [0.3, 0.4) is 0 Å². The van der Waals surface area contributed by atoms with Crippen LogP contribution in [0, 0.1) is 11.6 Å². The summed E-state index contributed by atoms with van der Waals surface area (Å²) >= 11 is 2.97. The Labute approximate surface area is 118 Å². The Morgan fingerprint density at radius 3 is 2.58 bits per heavy atom. The maximum Gasteiger partial charge on any atom is 0.260 e. The van der Waals surface area contributed by atoms with Gasteiger partial charge in [-0.05, 0) is 31.4 Å². The van der Waals surface area contributed by atoms with E-state index in [1.807, 2.05) is 0 Å². The summed E-state index contributed by atoms with van der Waals surface area (Å²) in [7, 11) is 0. The van der Waals surface area contributed by atoms with E-state index in [1.54, 1.807) is 0 Å². The maximum atomic E-state index is 13.8. The van der Waals surface area contributed by atoms with Gasteiger partial charge in [0.1, 0.15) is 17.2 Å². The van der Waals surface area contributed by atoms with Crippen LogP contribution >= 0.6 is 15.9 Å². The highest BCUT2D eigenvalue weighted by Gasteiger charge is 2.30. The van der Waals surface area contributed by atoms with Crippen molar-refractivity contribution in [3.63, 3.8) is 0 Å². The SMILES string of the molecule is O=C(c1c(F)cc(Br)cc1F)N1CCCCC1CO. The van der Waals surface area contributed by atoms with Crippen molar-refractivity contribution in [3.05, 3.63) is 33.8 Å². The van der Waals surface area contributed by atoms with Crippen molar-refractivity contribution in [3.8, 4) is 0 Å². The van der Waals surface area contributed by atoms with Crippen LogP contribution in [0.4, 0.5) is 8.78 Å². The van der Waals surface area contributed by atoms with E-state index in [1.165, 1.54) is 4.90 Å². The van der Waals surface area contributed by atoms with Gasteiger partial charge in [0.05, 0.1) is 12.6 Å². The molecule has 0 aliphatic carbocycles. The highest BCUT2D eigenvalue weighted by atomic mass is 79.9. The van der Waals surface area contributed by atoms with E-state index in [0.29, 0.717) is 13.0 Å². The molecular formula is C13H14BrF2NO2. The molecule has 3 nitrogen and oxygen atoms in total. The lowest BCUT2D eigenvalue weighted by atomic mass is 10.0. The molecule has 0 aromatic heterocycles. The van der Waals surface area contributed by atoms with Gasteiger partial charge in [-0.2, -0.15) is 0 Å². The molecular weight excluding hydrogens is 320 g/mol. The number of rotatable bonds is 2. The van der Waals surface area contributed by atoms with Gasteiger partial charge in [-0.3, -0.25) is 4.79 Å². The summed E-state index contributed by atoms with van der Waals surface area (Å²) in [5, 5.41) is 9.25.